The first-order valence-electron chi connectivity index (χ1n) is 9.62. The summed E-state index contributed by atoms with van der Waals surface area (Å²) in [7, 11) is 4.88. The molecule has 2 aliphatic rings. The van der Waals surface area contributed by atoms with Gasteiger partial charge in [0.05, 0.1) is 21.3 Å². The van der Waals surface area contributed by atoms with Crippen LogP contribution >= 0.6 is 0 Å². The summed E-state index contributed by atoms with van der Waals surface area (Å²) in [5.74, 6) is 3.42. The Hall–Kier alpha value is -2.56. The van der Waals surface area contributed by atoms with Crippen LogP contribution in [0.15, 0.2) is 24.3 Å². The van der Waals surface area contributed by atoms with Crippen molar-refractivity contribution in [3.8, 4) is 28.7 Å². The summed E-state index contributed by atoms with van der Waals surface area (Å²) in [5.41, 5.74) is 3.60. The van der Waals surface area contributed by atoms with Crippen LogP contribution in [0.3, 0.4) is 0 Å². The van der Waals surface area contributed by atoms with Crippen molar-refractivity contribution in [3.05, 3.63) is 35.4 Å². The minimum atomic E-state index is 0.562. The Morgan fingerprint density at radius 2 is 1.56 bits per heavy atom. The van der Waals surface area contributed by atoms with Gasteiger partial charge in [0.1, 0.15) is 5.75 Å². The molecule has 2 aliphatic heterocycles. The second kappa shape index (κ2) is 7.59. The zero-order chi connectivity index (χ0) is 18.8. The first kappa shape index (κ1) is 17.8. The van der Waals surface area contributed by atoms with Crippen molar-refractivity contribution in [2.75, 3.05) is 39.3 Å². The average molecular weight is 369 g/mol. The van der Waals surface area contributed by atoms with Gasteiger partial charge in [-0.25, -0.2) is 0 Å². The predicted molar refractivity (Wildman–Crippen MR) is 106 cm³/mol. The molecule has 0 aliphatic carbocycles. The number of anilines is 1. The van der Waals surface area contributed by atoms with E-state index in [1.807, 2.05) is 6.07 Å². The zero-order valence-corrected chi connectivity index (χ0v) is 16.3. The van der Waals surface area contributed by atoms with Gasteiger partial charge >= 0.3 is 0 Å². The summed E-state index contributed by atoms with van der Waals surface area (Å²) in [4.78, 5) is 2.48. The lowest BCUT2D eigenvalue weighted by molar-refractivity contribution is 0.312. The number of fused-ring (bicyclic) bond motifs is 2. The van der Waals surface area contributed by atoms with Gasteiger partial charge in [-0.05, 0) is 61.9 Å². The van der Waals surface area contributed by atoms with Crippen LogP contribution in [-0.4, -0.2) is 34.4 Å². The first-order chi connectivity index (χ1) is 13.2. The van der Waals surface area contributed by atoms with E-state index in [4.69, 9.17) is 18.9 Å². The van der Waals surface area contributed by atoms with E-state index in [0.717, 1.165) is 43.0 Å². The molecule has 1 fully saturated rings. The molecule has 0 aromatic heterocycles. The topological polar surface area (TPSA) is 40.2 Å². The molecular formula is C22H27NO4. The lowest BCUT2D eigenvalue weighted by Crippen LogP contribution is -2.29. The largest absolute Gasteiger partial charge is 0.493 e. The lowest BCUT2D eigenvalue weighted by Gasteiger charge is -2.29. The smallest absolute Gasteiger partial charge is 0.208 e. The minimum absolute atomic E-state index is 0.562. The standard InChI is InChI=1S/C22H27NO4/c1-24-19-14-16-8-7-15-13-17(23-11-5-4-6-12-23)9-10-18(15)27-20(16)22(26-3)21(19)25-2/h9-10,13-14H,4-8,11-12H2,1-3H3. The van der Waals surface area contributed by atoms with E-state index >= 15 is 0 Å². The highest BCUT2D eigenvalue weighted by Crippen LogP contribution is 2.50. The molecule has 2 aromatic rings. The fourth-order valence-corrected chi connectivity index (χ4v) is 4.07. The molecule has 144 valence electrons. The van der Waals surface area contributed by atoms with Crippen molar-refractivity contribution >= 4 is 5.69 Å². The minimum Gasteiger partial charge on any atom is -0.493 e. The first-order valence-corrected chi connectivity index (χ1v) is 9.62. The lowest BCUT2D eigenvalue weighted by atomic mass is 10.0. The van der Waals surface area contributed by atoms with Gasteiger partial charge in [0.15, 0.2) is 11.5 Å². The van der Waals surface area contributed by atoms with Gasteiger partial charge in [0.2, 0.25) is 11.5 Å². The maximum Gasteiger partial charge on any atom is 0.208 e. The fraction of sp³-hybridized carbons (Fsp3) is 0.455. The molecule has 2 heterocycles. The Morgan fingerprint density at radius 3 is 2.26 bits per heavy atom. The third-order valence-electron chi connectivity index (χ3n) is 5.50. The highest BCUT2D eigenvalue weighted by atomic mass is 16.5. The third-order valence-corrected chi connectivity index (χ3v) is 5.50. The molecule has 2 aromatic carbocycles. The molecule has 0 atom stereocenters. The zero-order valence-electron chi connectivity index (χ0n) is 16.3. The number of hydrogen-bond donors (Lipinski definition) is 0. The molecule has 0 amide bonds. The highest BCUT2D eigenvalue weighted by Gasteiger charge is 2.26. The van der Waals surface area contributed by atoms with Crippen LogP contribution in [0.25, 0.3) is 0 Å². The van der Waals surface area contributed by atoms with E-state index in [1.165, 1.54) is 30.5 Å². The molecule has 27 heavy (non-hydrogen) atoms. The van der Waals surface area contributed by atoms with Crippen molar-refractivity contribution in [2.24, 2.45) is 0 Å². The van der Waals surface area contributed by atoms with Crippen LogP contribution in [-0.2, 0) is 12.8 Å². The SMILES string of the molecule is COc1cc2c(c(OC)c1OC)Oc1ccc(N3CCCCC3)cc1CC2. The highest BCUT2D eigenvalue weighted by molar-refractivity contribution is 5.65. The van der Waals surface area contributed by atoms with Gasteiger partial charge in [-0.2, -0.15) is 0 Å². The fourth-order valence-electron chi connectivity index (χ4n) is 4.07. The second-order valence-electron chi connectivity index (χ2n) is 7.08. The molecule has 0 radical (unpaired) electrons. The van der Waals surface area contributed by atoms with Crippen molar-refractivity contribution in [1.82, 2.24) is 0 Å². The van der Waals surface area contributed by atoms with Gasteiger partial charge in [0, 0.05) is 24.3 Å². The molecule has 5 nitrogen and oxygen atoms in total. The molecule has 4 rings (SSSR count). The third kappa shape index (κ3) is 3.27. The van der Waals surface area contributed by atoms with Crippen LogP contribution < -0.4 is 23.8 Å². The van der Waals surface area contributed by atoms with Gasteiger partial charge in [0.25, 0.3) is 0 Å². The Morgan fingerprint density at radius 1 is 0.815 bits per heavy atom. The summed E-state index contributed by atoms with van der Waals surface area (Å²) in [6.45, 7) is 2.28. The number of nitrogens with zero attached hydrogens (tertiary/aromatic N) is 1. The van der Waals surface area contributed by atoms with Crippen LogP contribution in [0.4, 0.5) is 5.69 Å². The van der Waals surface area contributed by atoms with Crippen LogP contribution in [0.5, 0.6) is 28.7 Å². The predicted octanol–water partition coefficient (Wildman–Crippen LogP) is 4.59. The number of rotatable bonds is 4. The van der Waals surface area contributed by atoms with Gasteiger partial charge < -0.3 is 23.8 Å². The van der Waals surface area contributed by atoms with Gasteiger partial charge in [-0.3, -0.25) is 0 Å². The maximum atomic E-state index is 6.33. The van der Waals surface area contributed by atoms with E-state index in [2.05, 4.69) is 23.1 Å². The van der Waals surface area contributed by atoms with E-state index in [9.17, 15) is 0 Å². The van der Waals surface area contributed by atoms with Crippen molar-refractivity contribution in [1.29, 1.82) is 0 Å². The Bertz CT molecular complexity index is 828. The Labute approximate surface area is 160 Å². The van der Waals surface area contributed by atoms with Crippen molar-refractivity contribution in [2.45, 2.75) is 32.1 Å². The summed E-state index contributed by atoms with van der Waals surface area (Å²) in [5, 5.41) is 0. The van der Waals surface area contributed by atoms with Crippen LogP contribution in [0.1, 0.15) is 30.4 Å². The van der Waals surface area contributed by atoms with E-state index < -0.39 is 0 Å². The molecule has 0 spiro atoms. The number of piperidine rings is 1. The average Bonchev–Trinajstić information content (AvgIpc) is 2.91. The molecule has 0 unspecified atom stereocenters. The summed E-state index contributed by atoms with van der Waals surface area (Å²) in [6, 6.07) is 8.54. The Balaban J connectivity index is 1.71. The number of benzene rings is 2. The van der Waals surface area contributed by atoms with Crippen LogP contribution in [0.2, 0.25) is 0 Å². The number of aryl methyl sites for hydroxylation is 2. The van der Waals surface area contributed by atoms with Gasteiger partial charge in [-0.15, -0.1) is 0 Å². The van der Waals surface area contributed by atoms with Gasteiger partial charge in [-0.1, -0.05) is 0 Å². The Kier molecular flexibility index (Phi) is 5.01. The summed E-state index contributed by atoms with van der Waals surface area (Å²) >= 11 is 0. The molecule has 0 N–H and O–H groups in total. The monoisotopic (exact) mass is 369 g/mol. The van der Waals surface area contributed by atoms with Crippen LogP contribution in [0, 0.1) is 0 Å². The quantitative estimate of drug-likeness (QED) is 0.788. The molecule has 0 saturated carbocycles. The van der Waals surface area contributed by atoms with E-state index in [1.54, 1.807) is 21.3 Å². The van der Waals surface area contributed by atoms with Crippen molar-refractivity contribution < 1.29 is 18.9 Å². The number of ether oxygens (including phenoxy) is 4. The normalized spacial score (nSPS) is 15.9. The maximum absolute atomic E-state index is 6.33. The summed E-state index contributed by atoms with van der Waals surface area (Å²) in [6.07, 6.45) is 5.67. The number of hydrogen-bond acceptors (Lipinski definition) is 5. The second-order valence-corrected chi connectivity index (χ2v) is 7.08. The number of methoxy groups -OCH3 is 3. The molecule has 5 heteroatoms. The van der Waals surface area contributed by atoms with E-state index in [-0.39, 0.29) is 0 Å². The summed E-state index contributed by atoms with van der Waals surface area (Å²) < 4.78 is 23.0. The molecular weight excluding hydrogens is 342 g/mol. The molecule has 0 bridgehead atoms. The van der Waals surface area contributed by atoms with Crippen molar-refractivity contribution in [3.63, 3.8) is 0 Å². The molecule has 1 saturated heterocycles. The van der Waals surface area contributed by atoms with E-state index in [0.29, 0.717) is 17.2 Å².